The van der Waals surface area contributed by atoms with Gasteiger partial charge in [-0.1, -0.05) is 62.2 Å². The van der Waals surface area contributed by atoms with E-state index in [1.165, 1.54) is 12.1 Å². The van der Waals surface area contributed by atoms with Crippen LogP contribution >= 0.6 is 0 Å². The van der Waals surface area contributed by atoms with Gasteiger partial charge in [-0.25, -0.2) is 19.2 Å². The lowest BCUT2D eigenvalue weighted by molar-refractivity contribution is -0.188. The largest absolute Gasteiger partial charge is 0.375 e. The third-order valence-corrected chi connectivity index (χ3v) is 6.95. The quantitative estimate of drug-likeness (QED) is 0.482. The lowest BCUT2D eigenvalue weighted by Crippen LogP contribution is -2.76. The van der Waals surface area contributed by atoms with Crippen LogP contribution in [0.3, 0.4) is 0 Å². The van der Waals surface area contributed by atoms with E-state index in [4.69, 9.17) is 4.74 Å². The van der Waals surface area contributed by atoms with Crippen molar-refractivity contribution in [1.82, 2.24) is 25.1 Å². The van der Waals surface area contributed by atoms with E-state index >= 15 is 0 Å². The number of nitrogens with one attached hydrogen (secondary N) is 1. The summed E-state index contributed by atoms with van der Waals surface area (Å²) in [4.78, 5) is 43.3. The number of carbonyl (C=O) groups is 3. The highest BCUT2D eigenvalue weighted by Crippen LogP contribution is 2.28. The number of carbonyl (C=O) groups excluding carboxylic acids is 3. The molecule has 2 atom stereocenters. The number of amides is 4. The van der Waals surface area contributed by atoms with Gasteiger partial charge in [-0.2, -0.15) is 0 Å². The Kier molecular flexibility index (Phi) is 9.30. The van der Waals surface area contributed by atoms with Gasteiger partial charge in [0.15, 0.2) is 0 Å². The van der Waals surface area contributed by atoms with Crippen LogP contribution in [0.1, 0.15) is 37.3 Å². The molecule has 0 aliphatic carbocycles. The summed E-state index contributed by atoms with van der Waals surface area (Å²) >= 11 is 0. The van der Waals surface area contributed by atoms with Gasteiger partial charge in [0.05, 0.1) is 26.3 Å². The predicted molar refractivity (Wildman–Crippen MR) is 140 cm³/mol. The van der Waals surface area contributed by atoms with E-state index in [9.17, 15) is 18.8 Å². The topological polar surface area (TPSA) is 85.4 Å². The Bertz CT molecular complexity index is 1100. The Morgan fingerprint density at radius 2 is 1.82 bits per heavy atom. The van der Waals surface area contributed by atoms with Gasteiger partial charge in [0.2, 0.25) is 11.8 Å². The average Bonchev–Trinajstić information content (AvgIpc) is 2.91. The number of ether oxygens (including phenoxy) is 1. The number of hydrogen-bond donors (Lipinski definition) is 1. The van der Waals surface area contributed by atoms with Gasteiger partial charge in [0.25, 0.3) is 0 Å². The number of hydrazine groups is 1. The Balaban J connectivity index is 1.46. The van der Waals surface area contributed by atoms with Crippen LogP contribution < -0.4 is 5.32 Å². The number of unbranched alkanes of at least 4 members (excludes halogenated alkanes) is 1. The van der Waals surface area contributed by atoms with Gasteiger partial charge in [0, 0.05) is 20.1 Å². The molecule has 10 heteroatoms. The van der Waals surface area contributed by atoms with Crippen LogP contribution in [0.15, 0.2) is 54.6 Å². The van der Waals surface area contributed by atoms with Crippen molar-refractivity contribution in [1.29, 1.82) is 0 Å². The van der Waals surface area contributed by atoms with Crippen molar-refractivity contribution in [3.05, 3.63) is 71.5 Å². The highest BCUT2D eigenvalue weighted by molar-refractivity contribution is 5.91. The van der Waals surface area contributed by atoms with E-state index in [1.54, 1.807) is 39.0 Å². The zero-order valence-electron chi connectivity index (χ0n) is 22.0. The molecule has 2 fully saturated rings. The van der Waals surface area contributed by atoms with Crippen LogP contribution in [0.5, 0.6) is 0 Å². The predicted octanol–water partition coefficient (Wildman–Crippen LogP) is 2.97. The molecule has 2 heterocycles. The van der Waals surface area contributed by atoms with E-state index in [0.29, 0.717) is 26.1 Å². The molecule has 0 saturated carbocycles. The number of rotatable bonds is 10. The molecule has 2 aromatic carbocycles. The first-order valence-electron chi connectivity index (χ1n) is 13.1. The summed E-state index contributed by atoms with van der Waals surface area (Å²) in [6, 6.07) is 14.7. The molecule has 9 nitrogen and oxygen atoms in total. The molecule has 2 saturated heterocycles. The molecule has 204 valence electrons. The maximum absolute atomic E-state index is 13.5. The van der Waals surface area contributed by atoms with E-state index in [-0.39, 0.29) is 43.4 Å². The van der Waals surface area contributed by atoms with Crippen LogP contribution in [-0.2, 0) is 27.5 Å². The van der Waals surface area contributed by atoms with Crippen molar-refractivity contribution < 1.29 is 23.5 Å². The van der Waals surface area contributed by atoms with Gasteiger partial charge in [-0.15, -0.1) is 0 Å². The van der Waals surface area contributed by atoms with Crippen molar-refractivity contribution in [2.75, 3.05) is 33.3 Å². The van der Waals surface area contributed by atoms with E-state index in [2.05, 4.69) is 5.32 Å². The number of urea groups is 1. The monoisotopic (exact) mass is 525 g/mol. The third-order valence-electron chi connectivity index (χ3n) is 6.95. The fourth-order valence-corrected chi connectivity index (χ4v) is 4.98. The van der Waals surface area contributed by atoms with E-state index in [0.717, 1.165) is 24.0 Å². The lowest BCUT2D eigenvalue weighted by atomic mass is 10.0. The van der Waals surface area contributed by atoms with Gasteiger partial charge in [0.1, 0.15) is 18.0 Å². The van der Waals surface area contributed by atoms with Crippen molar-refractivity contribution >= 4 is 17.8 Å². The first-order chi connectivity index (χ1) is 18.4. The van der Waals surface area contributed by atoms with Crippen molar-refractivity contribution in [2.45, 2.75) is 51.5 Å². The number of benzene rings is 2. The lowest BCUT2D eigenvalue weighted by Gasteiger charge is -2.54. The maximum Gasteiger partial charge on any atom is 0.334 e. The van der Waals surface area contributed by atoms with Crippen molar-refractivity contribution in [2.24, 2.45) is 0 Å². The summed E-state index contributed by atoms with van der Waals surface area (Å²) in [6.45, 7) is 3.50. The molecule has 0 aromatic heterocycles. The minimum absolute atomic E-state index is 0.0198. The Morgan fingerprint density at radius 1 is 1.08 bits per heavy atom. The molecule has 2 aromatic rings. The number of piperazine rings is 1. The normalized spacial score (nSPS) is 20.0. The van der Waals surface area contributed by atoms with Crippen molar-refractivity contribution in [3.63, 3.8) is 0 Å². The van der Waals surface area contributed by atoms with Crippen LogP contribution in [0.4, 0.5) is 9.18 Å². The highest BCUT2D eigenvalue weighted by Gasteiger charge is 2.50. The molecule has 38 heavy (non-hydrogen) atoms. The fourth-order valence-electron chi connectivity index (χ4n) is 4.98. The Morgan fingerprint density at radius 3 is 2.53 bits per heavy atom. The third kappa shape index (κ3) is 6.49. The minimum atomic E-state index is -0.628. The number of hydrogen-bond acceptors (Lipinski definition) is 5. The van der Waals surface area contributed by atoms with Gasteiger partial charge in [-0.3, -0.25) is 9.59 Å². The minimum Gasteiger partial charge on any atom is -0.375 e. The van der Waals surface area contributed by atoms with Gasteiger partial charge >= 0.3 is 6.03 Å². The Labute approximate surface area is 223 Å². The van der Waals surface area contributed by atoms with Crippen LogP contribution in [-0.4, -0.2) is 83.2 Å². The molecule has 0 unspecified atom stereocenters. The zero-order chi connectivity index (χ0) is 27.1. The van der Waals surface area contributed by atoms with Crippen LogP contribution in [0.2, 0.25) is 0 Å². The maximum atomic E-state index is 13.5. The van der Waals surface area contributed by atoms with Crippen LogP contribution in [0.25, 0.3) is 0 Å². The first kappa shape index (κ1) is 27.5. The first-order valence-corrected chi connectivity index (χ1v) is 13.1. The van der Waals surface area contributed by atoms with E-state index < -0.39 is 12.2 Å². The number of halogens is 1. The smallest absolute Gasteiger partial charge is 0.334 e. The number of likely N-dealkylation sites (N-methyl/N-ethyl adjacent to an activating group) is 1. The average molecular weight is 526 g/mol. The second kappa shape index (κ2) is 12.8. The number of fused-ring (bicyclic) bond motifs is 1. The van der Waals surface area contributed by atoms with Gasteiger partial charge in [-0.05, 0) is 29.7 Å². The van der Waals surface area contributed by atoms with Crippen molar-refractivity contribution in [3.8, 4) is 0 Å². The van der Waals surface area contributed by atoms with Crippen LogP contribution in [0, 0.1) is 5.82 Å². The highest BCUT2D eigenvalue weighted by atomic mass is 19.1. The zero-order valence-corrected chi connectivity index (χ0v) is 22.0. The summed E-state index contributed by atoms with van der Waals surface area (Å²) in [5, 5.41) is 6.14. The fraction of sp³-hybridized carbons (Fsp3) is 0.464. The molecule has 2 aliphatic rings. The SMILES string of the molecule is CCCC[C@H]1C(=O)N(CCOCc2ccc(F)cc2)C[C@H]2N1C(=O)CN(C)N2C(=O)NCc1ccccc1. The molecular formula is C28H36FN5O4. The molecule has 4 amide bonds. The molecule has 0 radical (unpaired) electrons. The Hall–Kier alpha value is -3.50. The molecule has 1 N–H and O–H groups in total. The second-order valence-electron chi connectivity index (χ2n) is 9.71. The molecular weight excluding hydrogens is 489 g/mol. The number of nitrogens with zero attached hydrogens (tertiary/aromatic N) is 4. The summed E-state index contributed by atoms with van der Waals surface area (Å²) in [6.07, 6.45) is 1.60. The summed E-state index contributed by atoms with van der Waals surface area (Å²) in [5.41, 5.74) is 1.80. The molecule has 0 spiro atoms. The molecule has 4 rings (SSSR count). The second-order valence-corrected chi connectivity index (χ2v) is 9.71. The summed E-state index contributed by atoms with van der Waals surface area (Å²) < 4.78 is 18.9. The van der Waals surface area contributed by atoms with E-state index in [1.807, 2.05) is 37.3 Å². The summed E-state index contributed by atoms with van der Waals surface area (Å²) in [7, 11) is 1.71. The molecule has 0 bridgehead atoms. The summed E-state index contributed by atoms with van der Waals surface area (Å²) in [5.74, 6) is -0.589. The standard InChI is InChI=1S/C28H36FN5O4/c1-3-4-10-24-27(36)32(15-16-38-20-22-11-13-23(29)14-12-22)18-25-33(24)26(35)19-31(2)34(25)28(37)30-17-21-8-6-5-7-9-21/h5-9,11-14,24-25H,3-4,10,15-20H2,1-2H3,(H,30,37)/t24-,25-/m0/s1. The van der Waals surface area contributed by atoms with Gasteiger partial charge < -0.3 is 19.9 Å². The molecule has 2 aliphatic heterocycles.